The van der Waals surface area contributed by atoms with Crippen LogP contribution in [0.1, 0.15) is 30.5 Å². The Morgan fingerprint density at radius 1 is 1.28 bits per heavy atom. The number of hydrazone groups is 1. The number of rotatable bonds is 5. The maximum Gasteiger partial charge on any atom is 0.217 e. The van der Waals surface area contributed by atoms with Gasteiger partial charge in [-0.25, -0.2) is 8.42 Å². The molecule has 0 saturated carbocycles. The molecule has 0 aromatic heterocycles. The highest BCUT2D eigenvalue weighted by molar-refractivity contribution is 7.80. The molecular formula is C22H27N3O6S. The van der Waals surface area contributed by atoms with Gasteiger partial charge in [-0.3, -0.25) is 4.18 Å². The van der Waals surface area contributed by atoms with Crippen LogP contribution in [0.2, 0.25) is 0 Å². The van der Waals surface area contributed by atoms with Gasteiger partial charge in [-0.1, -0.05) is 24.3 Å². The molecule has 2 aromatic carbocycles. The molecule has 2 aromatic rings. The number of para-hydroxylation sites is 1. The lowest BCUT2D eigenvalue weighted by Crippen LogP contribution is -2.30. The van der Waals surface area contributed by atoms with Crippen molar-refractivity contribution in [3.8, 4) is 5.75 Å². The molecule has 32 heavy (non-hydrogen) atoms. The summed E-state index contributed by atoms with van der Waals surface area (Å²) in [6.45, 7) is 6.06. The number of hydrogen-bond donors (Lipinski definition) is 1. The number of benzene rings is 2. The second-order valence-electron chi connectivity index (χ2n) is 7.81. The zero-order valence-corrected chi connectivity index (χ0v) is 19.3. The second-order valence-corrected chi connectivity index (χ2v) is 8.96. The fourth-order valence-electron chi connectivity index (χ4n) is 3.73. The van der Waals surface area contributed by atoms with Crippen molar-refractivity contribution in [3.05, 3.63) is 59.2 Å². The lowest BCUT2D eigenvalue weighted by molar-refractivity contribution is -0.400. The van der Waals surface area contributed by atoms with E-state index in [1.807, 2.05) is 12.3 Å². The fourth-order valence-corrected chi connectivity index (χ4v) is 3.73. The van der Waals surface area contributed by atoms with E-state index in [9.17, 15) is 13.0 Å². The molecule has 0 saturated heterocycles. The minimum atomic E-state index is -4.41. The SMILES string of the molecule is COS(=O)(=O)[O-].C[N+]1=C(C=NNCc2ccc3c(c2)COCO3)C(C)(C)c2ccccc21. The van der Waals surface area contributed by atoms with E-state index >= 15 is 0 Å². The summed E-state index contributed by atoms with van der Waals surface area (Å²) >= 11 is 0. The van der Waals surface area contributed by atoms with Crippen molar-refractivity contribution >= 4 is 28.0 Å². The molecule has 1 N–H and O–H groups in total. The predicted octanol–water partition coefficient (Wildman–Crippen LogP) is 2.43. The van der Waals surface area contributed by atoms with Crippen LogP contribution in [0.3, 0.4) is 0 Å². The third-order valence-electron chi connectivity index (χ3n) is 5.39. The van der Waals surface area contributed by atoms with Crippen LogP contribution in [0.5, 0.6) is 5.75 Å². The lowest BCUT2D eigenvalue weighted by atomic mass is 9.82. The number of fused-ring (bicyclic) bond motifs is 2. The van der Waals surface area contributed by atoms with E-state index < -0.39 is 10.4 Å². The highest BCUT2D eigenvalue weighted by Gasteiger charge is 2.43. The minimum absolute atomic E-state index is 0.0585. The Morgan fingerprint density at radius 3 is 2.69 bits per heavy atom. The van der Waals surface area contributed by atoms with Gasteiger partial charge in [0.1, 0.15) is 19.0 Å². The molecule has 172 valence electrons. The predicted molar refractivity (Wildman–Crippen MR) is 119 cm³/mol. The molecule has 0 unspecified atom stereocenters. The Kier molecular flexibility index (Phi) is 7.29. The summed E-state index contributed by atoms with van der Waals surface area (Å²) in [6, 6.07) is 14.7. The van der Waals surface area contributed by atoms with E-state index in [1.165, 1.54) is 17.0 Å². The highest BCUT2D eigenvalue weighted by atomic mass is 32.3. The van der Waals surface area contributed by atoms with Crippen molar-refractivity contribution < 1.29 is 31.2 Å². The molecule has 10 heteroatoms. The third kappa shape index (κ3) is 5.52. The molecule has 2 aliphatic rings. The molecular weight excluding hydrogens is 434 g/mol. The smallest absolute Gasteiger partial charge is 0.217 e. The molecule has 0 atom stereocenters. The van der Waals surface area contributed by atoms with E-state index in [4.69, 9.17) is 9.47 Å². The first-order chi connectivity index (χ1) is 15.1. The van der Waals surface area contributed by atoms with Crippen LogP contribution in [0.4, 0.5) is 5.69 Å². The van der Waals surface area contributed by atoms with Crippen molar-refractivity contribution in [1.82, 2.24) is 5.43 Å². The van der Waals surface area contributed by atoms with Gasteiger partial charge in [0, 0.05) is 17.2 Å². The van der Waals surface area contributed by atoms with Gasteiger partial charge < -0.3 is 19.5 Å². The number of nitrogens with zero attached hydrogens (tertiary/aromatic N) is 2. The van der Waals surface area contributed by atoms with E-state index in [-0.39, 0.29) is 5.41 Å². The highest BCUT2D eigenvalue weighted by Crippen LogP contribution is 2.37. The molecule has 0 fully saturated rings. The summed E-state index contributed by atoms with van der Waals surface area (Å²) < 4.78 is 44.0. The summed E-state index contributed by atoms with van der Waals surface area (Å²) in [4.78, 5) is 0. The average molecular weight is 462 g/mol. The topological polar surface area (TPSA) is 112 Å². The zero-order chi connectivity index (χ0) is 23.4. The fraction of sp³-hybridized carbons (Fsp3) is 0.364. The van der Waals surface area contributed by atoms with Crippen molar-refractivity contribution in [2.24, 2.45) is 5.10 Å². The molecule has 0 aliphatic carbocycles. The Bertz CT molecular complexity index is 1140. The molecule has 0 bridgehead atoms. The summed E-state index contributed by atoms with van der Waals surface area (Å²) in [5, 5.41) is 4.47. The normalized spacial score (nSPS) is 16.7. The van der Waals surface area contributed by atoms with E-state index in [0.29, 0.717) is 19.9 Å². The Morgan fingerprint density at radius 2 is 2.00 bits per heavy atom. The van der Waals surface area contributed by atoms with Crippen molar-refractivity contribution in [2.75, 3.05) is 21.0 Å². The summed E-state index contributed by atoms with van der Waals surface area (Å²) in [7, 11) is -1.51. The maximum atomic E-state index is 9.22. The summed E-state index contributed by atoms with van der Waals surface area (Å²) in [5.41, 5.74) is 9.10. The Labute approximate surface area is 188 Å². The second kappa shape index (κ2) is 9.78. The van der Waals surface area contributed by atoms with Gasteiger partial charge in [-0.15, -0.1) is 0 Å². The van der Waals surface area contributed by atoms with Gasteiger partial charge in [0.25, 0.3) is 0 Å². The first-order valence-electron chi connectivity index (χ1n) is 9.94. The maximum absolute atomic E-state index is 9.22. The summed E-state index contributed by atoms with van der Waals surface area (Å²) in [5.74, 6) is 0.908. The van der Waals surface area contributed by atoms with Crippen LogP contribution >= 0.6 is 0 Å². The Hall–Kier alpha value is -2.79. The van der Waals surface area contributed by atoms with E-state index in [2.05, 4.69) is 76.6 Å². The molecule has 0 spiro atoms. The molecule has 0 amide bonds. The molecule has 4 rings (SSSR count). The number of ether oxygens (including phenoxy) is 2. The molecule has 0 radical (unpaired) electrons. The van der Waals surface area contributed by atoms with Gasteiger partial charge in [-0.05, 0) is 31.5 Å². The van der Waals surface area contributed by atoms with Gasteiger partial charge >= 0.3 is 0 Å². The van der Waals surface area contributed by atoms with Crippen LogP contribution in [0.25, 0.3) is 0 Å². The van der Waals surface area contributed by atoms with Crippen molar-refractivity contribution in [3.63, 3.8) is 0 Å². The van der Waals surface area contributed by atoms with Gasteiger partial charge in [-0.2, -0.15) is 9.68 Å². The van der Waals surface area contributed by atoms with Gasteiger partial charge in [0.05, 0.1) is 25.7 Å². The van der Waals surface area contributed by atoms with Crippen molar-refractivity contribution in [2.45, 2.75) is 32.4 Å². The molecule has 2 heterocycles. The standard InChI is InChI=1S/C21H23N3O2.CH4O4S/c1-21(2)17-6-4-5-7-18(17)24(3)20(21)12-23-22-11-15-8-9-19-16(10-15)13-25-14-26-19;1-5-6(2,3)4/h4-10,12H,11,13-14H2,1-3H3;1H3,(H,2,3,4). The van der Waals surface area contributed by atoms with Gasteiger partial charge in [0.2, 0.25) is 21.8 Å². The first kappa shape index (κ1) is 23.9. The van der Waals surface area contributed by atoms with Crippen LogP contribution in [-0.2, 0) is 37.9 Å². The van der Waals surface area contributed by atoms with Crippen LogP contribution in [0, 0.1) is 0 Å². The summed E-state index contributed by atoms with van der Waals surface area (Å²) in [6.07, 6.45) is 1.94. The zero-order valence-electron chi connectivity index (χ0n) is 18.5. The van der Waals surface area contributed by atoms with Crippen LogP contribution < -0.4 is 10.2 Å². The monoisotopic (exact) mass is 461 g/mol. The Balaban J connectivity index is 0.000000427. The van der Waals surface area contributed by atoms with Gasteiger partial charge in [0.15, 0.2) is 6.79 Å². The molecule has 9 nitrogen and oxygen atoms in total. The number of hydrogen-bond acceptors (Lipinski definition) is 8. The first-order valence-corrected chi connectivity index (χ1v) is 11.3. The van der Waals surface area contributed by atoms with E-state index in [1.54, 1.807) is 0 Å². The van der Waals surface area contributed by atoms with E-state index in [0.717, 1.165) is 24.0 Å². The quantitative estimate of drug-likeness (QED) is 0.239. The molecule has 2 aliphatic heterocycles. The minimum Gasteiger partial charge on any atom is -0.726 e. The van der Waals surface area contributed by atoms with Crippen LogP contribution in [-0.4, -0.2) is 50.4 Å². The third-order valence-corrected chi connectivity index (χ3v) is 5.79. The largest absolute Gasteiger partial charge is 0.726 e. The number of nitrogens with one attached hydrogen (secondary N) is 1. The average Bonchev–Trinajstić information content (AvgIpc) is 2.97. The lowest BCUT2D eigenvalue weighted by Gasteiger charge is -2.18. The van der Waals surface area contributed by atoms with Crippen LogP contribution in [0.15, 0.2) is 47.6 Å². The van der Waals surface area contributed by atoms with Crippen molar-refractivity contribution in [1.29, 1.82) is 0 Å².